The summed E-state index contributed by atoms with van der Waals surface area (Å²) in [4.78, 5) is 0. The van der Waals surface area contributed by atoms with Crippen LogP contribution in [0.25, 0.3) is 0 Å². The molecule has 46 valence electrons. The normalized spacial score (nSPS) is 10.8. The Balaban J connectivity index is 3.58. The van der Waals surface area contributed by atoms with Crippen molar-refractivity contribution in [1.82, 2.24) is 0 Å². The summed E-state index contributed by atoms with van der Waals surface area (Å²) in [5.74, 6) is 2.66. The maximum absolute atomic E-state index is 5.14. The Hall–Kier alpha value is -0.440. The van der Waals surface area contributed by atoms with E-state index in [4.69, 9.17) is 6.42 Å². The second-order valence-electron chi connectivity index (χ2n) is 2.90. The molecule has 0 saturated carbocycles. The summed E-state index contributed by atoms with van der Waals surface area (Å²) < 4.78 is 0. The highest BCUT2D eigenvalue weighted by Crippen LogP contribution is 2.22. The first-order valence-electron chi connectivity index (χ1n) is 3.06. The summed E-state index contributed by atoms with van der Waals surface area (Å²) in [5.41, 5.74) is 0.356. The summed E-state index contributed by atoms with van der Waals surface area (Å²) in [6.07, 6.45) is 7.20. The SMILES string of the molecule is C#CCC(C)(C)CC. The quantitative estimate of drug-likeness (QED) is 0.479. The highest BCUT2D eigenvalue weighted by molar-refractivity contribution is 4.89. The summed E-state index contributed by atoms with van der Waals surface area (Å²) in [5, 5.41) is 0. The molecule has 0 aliphatic carbocycles. The summed E-state index contributed by atoms with van der Waals surface area (Å²) >= 11 is 0. The summed E-state index contributed by atoms with van der Waals surface area (Å²) in [6, 6.07) is 0. The van der Waals surface area contributed by atoms with Crippen molar-refractivity contribution < 1.29 is 0 Å². The van der Waals surface area contributed by atoms with E-state index in [0.717, 1.165) is 12.8 Å². The van der Waals surface area contributed by atoms with Crippen LogP contribution in [0.1, 0.15) is 33.6 Å². The predicted molar refractivity (Wildman–Crippen MR) is 37.5 cm³/mol. The molecule has 0 radical (unpaired) electrons. The third kappa shape index (κ3) is 2.69. The smallest absolute Gasteiger partial charge is 0.0137 e. The second kappa shape index (κ2) is 2.77. The zero-order valence-electron chi connectivity index (χ0n) is 5.99. The van der Waals surface area contributed by atoms with Crippen molar-refractivity contribution in [3.8, 4) is 12.3 Å². The lowest BCUT2D eigenvalue weighted by Gasteiger charge is -2.17. The average molecular weight is 110 g/mol. The Bertz CT molecular complexity index is 93.1. The molecule has 0 aliphatic rings. The molecular weight excluding hydrogens is 96.1 g/mol. The fourth-order valence-corrected chi connectivity index (χ4v) is 0.401. The molecule has 0 heteroatoms. The minimum Gasteiger partial charge on any atom is -0.120 e. The van der Waals surface area contributed by atoms with Crippen LogP contribution in [0, 0.1) is 17.8 Å². The fourth-order valence-electron chi connectivity index (χ4n) is 0.401. The van der Waals surface area contributed by atoms with Gasteiger partial charge in [-0.3, -0.25) is 0 Å². The van der Waals surface area contributed by atoms with Crippen LogP contribution in [0.4, 0.5) is 0 Å². The Morgan fingerprint density at radius 1 is 1.50 bits per heavy atom. The van der Waals surface area contributed by atoms with E-state index < -0.39 is 0 Å². The highest BCUT2D eigenvalue weighted by Gasteiger charge is 2.11. The maximum atomic E-state index is 5.14. The number of terminal acetylenes is 1. The molecular formula is C8H14. The van der Waals surface area contributed by atoms with Gasteiger partial charge in [0.05, 0.1) is 0 Å². The van der Waals surface area contributed by atoms with Crippen molar-refractivity contribution in [2.45, 2.75) is 33.6 Å². The molecule has 0 bridgehead atoms. The van der Waals surface area contributed by atoms with Crippen LogP contribution in [-0.2, 0) is 0 Å². The van der Waals surface area contributed by atoms with E-state index in [9.17, 15) is 0 Å². The molecule has 0 aromatic heterocycles. The van der Waals surface area contributed by atoms with E-state index in [2.05, 4.69) is 26.7 Å². The van der Waals surface area contributed by atoms with E-state index in [0.29, 0.717) is 5.41 Å². The first-order valence-corrected chi connectivity index (χ1v) is 3.06. The van der Waals surface area contributed by atoms with E-state index in [1.807, 2.05) is 0 Å². The van der Waals surface area contributed by atoms with Crippen LogP contribution in [0.3, 0.4) is 0 Å². The molecule has 0 aromatic rings. The van der Waals surface area contributed by atoms with Gasteiger partial charge in [-0.05, 0) is 5.41 Å². The van der Waals surface area contributed by atoms with Gasteiger partial charge in [0.15, 0.2) is 0 Å². The van der Waals surface area contributed by atoms with Gasteiger partial charge in [0.2, 0.25) is 0 Å². The largest absolute Gasteiger partial charge is 0.120 e. The maximum Gasteiger partial charge on any atom is 0.0137 e. The minimum atomic E-state index is 0.356. The van der Waals surface area contributed by atoms with Gasteiger partial charge in [-0.1, -0.05) is 27.2 Å². The van der Waals surface area contributed by atoms with E-state index in [-0.39, 0.29) is 0 Å². The molecule has 0 unspecified atom stereocenters. The fraction of sp³-hybridized carbons (Fsp3) is 0.750. The third-order valence-electron chi connectivity index (χ3n) is 1.54. The topological polar surface area (TPSA) is 0 Å². The molecule has 0 atom stereocenters. The van der Waals surface area contributed by atoms with Gasteiger partial charge in [0, 0.05) is 6.42 Å². The molecule has 0 heterocycles. The Kier molecular flexibility index (Phi) is 2.62. The van der Waals surface area contributed by atoms with Crippen LogP contribution < -0.4 is 0 Å². The number of hydrogen-bond donors (Lipinski definition) is 0. The van der Waals surface area contributed by atoms with E-state index in [1.165, 1.54) is 0 Å². The van der Waals surface area contributed by atoms with Crippen molar-refractivity contribution in [3.05, 3.63) is 0 Å². The summed E-state index contributed by atoms with van der Waals surface area (Å²) in [6.45, 7) is 6.54. The van der Waals surface area contributed by atoms with E-state index >= 15 is 0 Å². The predicted octanol–water partition coefficient (Wildman–Crippen LogP) is 2.45. The van der Waals surface area contributed by atoms with Crippen LogP contribution in [0.15, 0.2) is 0 Å². The monoisotopic (exact) mass is 110 g/mol. The van der Waals surface area contributed by atoms with Crippen molar-refractivity contribution >= 4 is 0 Å². The molecule has 8 heavy (non-hydrogen) atoms. The lowest BCUT2D eigenvalue weighted by molar-refractivity contribution is 0.363. The standard InChI is InChI=1S/C8H14/c1-5-7-8(3,4)6-2/h1H,6-7H2,2-4H3. The van der Waals surface area contributed by atoms with Crippen molar-refractivity contribution in [1.29, 1.82) is 0 Å². The molecule has 0 rings (SSSR count). The molecule has 0 spiro atoms. The molecule has 0 saturated heterocycles. The molecule has 0 nitrogen and oxygen atoms in total. The van der Waals surface area contributed by atoms with Crippen LogP contribution in [0.5, 0.6) is 0 Å². The van der Waals surface area contributed by atoms with Crippen molar-refractivity contribution in [2.75, 3.05) is 0 Å². The zero-order valence-corrected chi connectivity index (χ0v) is 5.99. The van der Waals surface area contributed by atoms with Crippen LogP contribution in [-0.4, -0.2) is 0 Å². The van der Waals surface area contributed by atoms with Gasteiger partial charge in [-0.2, -0.15) is 0 Å². The van der Waals surface area contributed by atoms with Gasteiger partial charge in [-0.15, -0.1) is 12.3 Å². The lowest BCUT2D eigenvalue weighted by Crippen LogP contribution is -2.07. The second-order valence-corrected chi connectivity index (χ2v) is 2.90. The Labute approximate surface area is 52.3 Å². The highest BCUT2D eigenvalue weighted by atomic mass is 14.2. The first-order chi connectivity index (χ1) is 3.62. The first kappa shape index (κ1) is 7.56. The van der Waals surface area contributed by atoms with Gasteiger partial charge in [-0.25, -0.2) is 0 Å². The van der Waals surface area contributed by atoms with Crippen molar-refractivity contribution in [2.24, 2.45) is 5.41 Å². The van der Waals surface area contributed by atoms with Crippen molar-refractivity contribution in [3.63, 3.8) is 0 Å². The van der Waals surface area contributed by atoms with Crippen LogP contribution in [0.2, 0.25) is 0 Å². The molecule has 0 N–H and O–H groups in total. The minimum absolute atomic E-state index is 0.356. The van der Waals surface area contributed by atoms with Gasteiger partial charge in [0.1, 0.15) is 0 Å². The number of rotatable bonds is 2. The van der Waals surface area contributed by atoms with E-state index in [1.54, 1.807) is 0 Å². The van der Waals surface area contributed by atoms with Gasteiger partial charge < -0.3 is 0 Å². The number of hydrogen-bond acceptors (Lipinski definition) is 0. The molecule has 0 fully saturated rings. The zero-order chi connectivity index (χ0) is 6.62. The molecule has 0 amide bonds. The third-order valence-corrected chi connectivity index (χ3v) is 1.54. The lowest BCUT2D eigenvalue weighted by atomic mass is 9.87. The Morgan fingerprint density at radius 3 is 2.12 bits per heavy atom. The van der Waals surface area contributed by atoms with Crippen LogP contribution >= 0.6 is 0 Å². The van der Waals surface area contributed by atoms with Gasteiger partial charge in [0.25, 0.3) is 0 Å². The Morgan fingerprint density at radius 2 is 2.00 bits per heavy atom. The van der Waals surface area contributed by atoms with Gasteiger partial charge >= 0.3 is 0 Å². The summed E-state index contributed by atoms with van der Waals surface area (Å²) in [7, 11) is 0. The molecule has 0 aliphatic heterocycles. The average Bonchev–Trinajstić information content (AvgIpc) is 1.67. The molecule has 0 aromatic carbocycles.